The molecule has 0 spiro atoms. The summed E-state index contributed by atoms with van der Waals surface area (Å²) in [7, 11) is 1.26. The number of nitrogens with two attached hydrogens (primary N) is 1. The van der Waals surface area contributed by atoms with Crippen molar-refractivity contribution in [3.63, 3.8) is 0 Å². The number of likely N-dealkylation sites (tertiary alicyclic amines) is 1. The van der Waals surface area contributed by atoms with Gasteiger partial charge in [-0.15, -0.1) is 23.1 Å². The van der Waals surface area contributed by atoms with Crippen molar-refractivity contribution in [3.05, 3.63) is 22.3 Å². The van der Waals surface area contributed by atoms with Crippen molar-refractivity contribution in [2.24, 2.45) is 5.16 Å². The monoisotopic (exact) mass is 484 g/mol. The van der Waals surface area contributed by atoms with Gasteiger partial charge in [-0.05, 0) is 0 Å². The van der Waals surface area contributed by atoms with E-state index >= 15 is 0 Å². The highest BCUT2D eigenvalue weighted by atomic mass is 32.2. The summed E-state index contributed by atoms with van der Waals surface area (Å²) in [4.78, 5) is 47.9. The van der Waals surface area contributed by atoms with Crippen LogP contribution in [0.5, 0.6) is 0 Å². The van der Waals surface area contributed by atoms with Crippen LogP contribution in [0.1, 0.15) is 22.6 Å². The van der Waals surface area contributed by atoms with Gasteiger partial charge >= 0.3 is 5.97 Å². The Labute approximate surface area is 197 Å². The number of nitrogens with zero attached hydrogens (tertiary/aromatic N) is 4. The number of β-lactam (4-membered cyclic amide) rings is 1. The number of oxime groups is 1. The topological polar surface area (TPSA) is 147 Å². The maximum absolute atomic E-state index is 13.0. The Morgan fingerprint density at radius 2 is 2.25 bits per heavy atom. The number of carboxylic acids is 1. The lowest BCUT2D eigenvalue weighted by Gasteiger charge is -2.49. The first kappa shape index (κ1) is 18.9. The number of aliphatic carboxylic acids is 1. The number of anilines is 1. The molecule has 0 aliphatic carbocycles. The van der Waals surface area contributed by atoms with Crippen molar-refractivity contribution in [2.75, 3.05) is 45.2 Å². The molecule has 11 nitrogen and oxygen atoms in total. The van der Waals surface area contributed by atoms with Gasteiger partial charge in [0.2, 0.25) is 0 Å². The zero-order valence-corrected chi connectivity index (χ0v) is 18.9. The molecule has 4 heterocycles. The van der Waals surface area contributed by atoms with E-state index in [1.807, 2.05) is 0 Å². The maximum Gasteiger partial charge on any atom is 0.352 e. The molecule has 2 fully saturated rings. The second kappa shape index (κ2) is 8.71. The van der Waals surface area contributed by atoms with Crippen LogP contribution in [0.2, 0.25) is 0 Å². The number of rotatable bonds is 7. The molecule has 3 aliphatic rings. The summed E-state index contributed by atoms with van der Waals surface area (Å²) >= 11 is 2.39. The number of quaternary nitrogens is 1. The highest BCUT2D eigenvalue weighted by molar-refractivity contribution is 8.00. The van der Waals surface area contributed by atoms with Crippen LogP contribution in [0.15, 0.2) is 21.8 Å². The fourth-order valence-electron chi connectivity index (χ4n) is 4.17. The average molecular weight is 485 g/mol. The molecule has 0 radical (unpaired) electrons. The van der Waals surface area contributed by atoms with E-state index in [1.165, 1.54) is 24.3 Å². The third-order valence-electron chi connectivity index (χ3n) is 5.61. The summed E-state index contributed by atoms with van der Waals surface area (Å²) in [6.07, 6.45) is 1.49. The second-order valence-electron chi connectivity index (χ2n) is 7.77. The van der Waals surface area contributed by atoms with Crippen molar-refractivity contribution in [2.45, 2.75) is 24.3 Å². The molecular weight excluding hydrogens is 456 g/mol. The van der Waals surface area contributed by atoms with Crippen molar-refractivity contribution < 1.29 is 32.9 Å². The number of carbonyl (C=O) groups is 3. The zero-order chi connectivity index (χ0) is 25.5. The Morgan fingerprint density at radius 3 is 2.84 bits per heavy atom. The van der Waals surface area contributed by atoms with Crippen LogP contribution in [0.3, 0.4) is 0 Å². The Kier molecular flexibility index (Phi) is 5.14. The number of thioether (sulfide) groups is 1. The van der Waals surface area contributed by atoms with Gasteiger partial charge < -0.3 is 25.5 Å². The lowest BCUT2D eigenvalue weighted by atomic mass is 10.0. The number of likely N-dealkylation sites (N-methyl/N-ethyl adjacent to an activating group) is 1. The van der Waals surface area contributed by atoms with E-state index in [0.29, 0.717) is 18.7 Å². The van der Waals surface area contributed by atoms with E-state index in [0.717, 1.165) is 29.1 Å². The normalized spacial score (nSPS) is 26.5. The predicted molar refractivity (Wildman–Crippen MR) is 120 cm³/mol. The predicted octanol–water partition coefficient (Wildman–Crippen LogP) is 0.0548. The molecule has 0 saturated carbocycles. The van der Waals surface area contributed by atoms with Gasteiger partial charge in [0, 0.05) is 29.5 Å². The summed E-state index contributed by atoms with van der Waals surface area (Å²) in [5, 5.41) is 17.3. The first-order valence-electron chi connectivity index (χ1n) is 11.4. The second-order valence-corrected chi connectivity index (χ2v) is 9.76. The summed E-state index contributed by atoms with van der Waals surface area (Å²) in [6.45, 7) is -1.40. The average Bonchev–Trinajstić information content (AvgIpc) is 3.44. The number of amides is 2. The van der Waals surface area contributed by atoms with Crippen LogP contribution in [0.25, 0.3) is 0 Å². The lowest BCUT2D eigenvalue weighted by Crippen LogP contribution is -2.71. The SMILES string of the molecule is [2H]C([2H])([2H])[N+]1(CC2=C(C(=O)O)N3C(=O)[C@@H](NC(=O)/C(=N\OC)c4csc(N)n4)[C@H]3SC2)CCCC1. The summed E-state index contributed by atoms with van der Waals surface area (Å²) in [5.41, 5.74) is 5.86. The molecule has 4 rings (SSSR count). The number of fused-ring (bicyclic) bond motifs is 1. The quantitative estimate of drug-likeness (QED) is 0.213. The third kappa shape index (κ3) is 4.07. The molecule has 172 valence electrons. The Bertz CT molecular complexity index is 1110. The number of nitrogen functional groups attached to an aromatic ring is 1. The summed E-state index contributed by atoms with van der Waals surface area (Å²) in [5.74, 6) is -2.38. The fourth-order valence-corrected chi connectivity index (χ4v) is 6.05. The molecule has 3 aliphatic heterocycles. The zero-order valence-electron chi connectivity index (χ0n) is 20.2. The van der Waals surface area contributed by atoms with Crippen LogP contribution >= 0.6 is 23.1 Å². The molecular formula is C19H25N6O5S2+. The van der Waals surface area contributed by atoms with Gasteiger partial charge in [-0.1, -0.05) is 5.16 Å². The molecule has 0 aromatic carbocycles. The van der Waals surface area contributed by atoms with Gasteiger partial charge in [0.15, 0.2) is 10.8 Å². The van der Waals surface area contributed by atoms with E-state index < -0.39 is 36.2 Å². The maximum atomic E-state index is 13.0. The fraction of sp³-hybridized carbons (Fsp3) is 0.526. The summed E-state index contributed by atoms with van der Waals surface area (Å²) in [6, 6.07) is -0.987. The van der Waals surface area contributed by atoms with E-state index in [-0.39, 0.29) is 39.0 Å². The molecule has 2 saturated heterocycles. The molecule has 1 aromatic heterocycles. The molecule has 0 bridgehead atoms. The van der Waals surface area contributed by atoms with Gasteiger partial charge in [-0.3, -0.25) is 14.5 Å². The Morgan fingerprint density at radius 1 is 1.50 bits per heavy atom. The third-order valence-corrected chi connectivity index (χ3v) is 7.63. The smallest absolute Gasteiger partial charge is 0.352 e. The van der Waals surface area contributed by atoms with Crippen LogP contribution in [0.4, 0.5) is 5.13 Å². The largest absolute Gasteiger partial charge is 0.477 e. The Hall–Kier alpha value is -2.64. The van der Waals surface area contributed by atoms with Crippen LogP contribution in [-0.4, -0.2) is 93.9 Å². The summed E-state index contributed by atoms with van der Waals surface area (Å²) < 4.78 is 23.9. The van der Waals surface area contributed by atoms with Crippen molar-refractivity contribution >= 4 is 51.7 Å². The number of hydrogen-bond donors (Lipinski definition) is 3. The molecule has 4 N–H and O–H groups in total. The van der Waals surface area contributed by atoms with Crippen LogP contribution in [0, 0.1) is 0 Å². The minimum Gasteiger partial charge on any atom is -0.477 e. The number of thiazole rings is 1. The van der Waals surface area contributed by atoms with Gasteiger partial charge in [-0.25, -0.2) is 9.78 Å². The molecule has 32 heavy (non-hydrogen) atoms. The first-order valence-corrected chi connectivity index (χ1v) is 11.8. The van der Waals surface area contributed by atoms with Crippen molar-refractivity contribution in [3.8, 4) is 0 Å². The minimum absolute atomic E-state index is 0.0363. The first-order chi connectivity index (χ1) is 16.5. The van der Waals surface area contributed by atoms with Gasteiger partial charge in [0.25, 0.3) is 11.8 Å². The van der Waals surface area contributed by atoms with E-state index in [2.05, 4.69) is 15.5 Å². The van der Waals surface area contributed by atoms with Gasteiger partial charge in [0.05, 0.1) is 24.2 Å². The number of aromatic nitrogens is 1. The van der Waals surface area contributed by atoms with Crippen LogP contribution in [-0.2, 0) is 19.2 Å². The Balaban J connectivity index is 1.55. The highest BCUT2D eigenvalue weighted by Gasteiger charge is 2.55. The highest BCUT2D eigenvalue weighted by Crippen LogP contribution is 2.41. The lowest BCUT2D eigenvalue weighted by molar-refractivity contribution is -0.893. The molecule has 2 atom stereocenters. The molecule has 13 heteroatoms. The van der Waals surface area contributed by atoms with Crippen molar-refractivity contribution in [1.29, 1.82) is 0 Å². The van der Waals surface area contributed by atoms with Crippen LogP contribution < -0.4 is 11.1 Å². The van der Waals surface area contributed by atoms with E-state index in [1.54, 1.807) is 0 Å². The number of carbonyl (C=O) groups excluding carboxylic acids is 2. The molecule has 1 aromatic rings. The van der Waals surface area contributed by atoms with Gasteiger partial charge in [0.1, 0.15) is 36.5 Å². The minimum atomic E-state index is -2.29. The van der Waals surface area contributed by atoms with E-state index in [4.69, 9.17) is 14.7 Å². The number of hydrogen-bond acceptors (Lipinski definition) is 9. The van der Waals surface area contributed by atoms with Crippen molar-refractivity contribution in [1.82, 2.24) is 15.2 Å². The number of nitrogens with one attached hydrogen (secondary N) is 1. The van der Waals surface area contributed by atoms with E-state index in [9.17, 15) is 19.5 Å². The van der Waals surface area contributed by atoms with Gasteiger partial charge in [-0.2, -0.15) is 0 Å². The number of carboxylic acid groups (broad SMARTS) is 1. The standard InChI is InChI=1S/C19H24N6O5S2/c1-25(5-3-4-6-25)7-10-8-31-17-13(16(27)24(17)14(10)18(28)29)22-15(26)12(23-30-2)11-9-32-19(20)21-11/h9,13,17H,3-8H2,1-2H3,(H3-,20,21,22,26,28,29)/p+1/b23-12-/t13-,17-/m1/s1/i1D3. The molecule has 2 amide bonds. The molecule has 0 unspecified atom stereocenters.